The second-order valence-electron chi connectivity index (χ2n) is 9.69. The van der Waals surface area contributed by atoms with Crippen LogP contribution < -0.4 is 4.90 Å². The second-order valence-corrected chi connectivity index (χ2v) is 10.1. The number of halogens is 1. The summed E-state index contributed by atoms with van der Waals surface area (Å²) in [6.07, 6.45) is 14.0. The Labute approximate surface area is 199 Å². The quantitative estimate of drug-likeness (QED) is 0.478. The molecule has 170 valence electrons. The van der Waals surface area contributed by atoms with Crippen LogP contribution in [0.15, 0.2) is 48.8 Å². The van der Waals surface area contributed by atoms with Crippen molar-refractivity contribution in [3.63, 3.8) is 0 Å². The standard InChI is InChI=1S/C26H28ClN5O/c27-20-12-10-18(11-13-20)24(33)31-22-9-3-2-8-21(22)26(14-4-1-5-15-26)32-25(31)29-23(30-32)19-7-6-16-28-17-19/h6-7,10-13,16-17,21-22H,1-5,8-9,14-15H2/t21-,22+/m1/s1. The van der Waals surface area contributed by atoms with Gasteiger partial charge in [0.15, 0.2) is 5.82 Å². The zero-order valence-corrected chi connectivity index (χ0v) is 19.4. The number of hydrogen-bond donors (Lipinski definition) is 0. The van der Waals surface area contributed by atoms with Crippen LogP contribution in [-0.4, -0.2) is 31.7 Å². The first kappa shape index (κ1) is 20.8. The van der Waals surface area contributed by atoms with E-state index in [2.05, 4.69) is 9.67 Å². The highest BCUT2D eigenvalue weighted by atomic mass is 35.5. The maximum absolute atomic E-state index is 13.9. The van der Waals surface area contributed by atoms with Crippen LogP contribution in [0.2, 0.25) is 5.02 Å². The normalized spacial score (nSPS) is 23.7. The lowest BCUT2D eigenvalue weighted by molar-refractivity contribution is 0.0314. The maximum Gasteiger partial charge on any atom is 0.260 e. The lowest BCUT2D eigenvalue weighted by atomic mass is 9.64. The van der Waals surface area contributed by atoms with Gasteiger partial charge in [-0.25, -0.2) is 4.68 Å². The van der Waals surface area contributed by atoms with Crippen molar-refractivity contribution in [3.8, 4) is 11.4 Å². The Bertz CT molecular complexity index is 1150. The first-order valence-electron chi connectivity index (χ1n) is 12.1. The molecular weight excluding hydrogens is 434 g/mol. The first-order chi connectivity index (χ1) is 16.2. The average Bonchev–Trinajstić information content (AvgIpc) is 3.32. The highest BCUT2D eigenvalue weighted by Crippen LogP contribution is 2.53. The van der Waals surface area contributed by atoms with Crippen LogP contribution in [0.3, 0.4) is 0 Å². The molecule has 6 nitrogen and oxygen atoms in total. The van der Waals surface area contributed by atoms with Crippen molar-refractivity contribution in [2.45, 2.75) is 69.4 Å². The molecule has 1 aliphatic heterocycles. The molecule has 0 bridgehead atoms. The molecule has 1 aromatic carbocycles. The van der Waals surface area contributed by atoms with E-state index in [-0.39, 0.29) is 17.5 Å². The van der Waals surface area contributed by atoms with Gasteiger partial charge in [-0.2, -0.15) is 4.98 Å². The number of pyridine rings is 1. The van der Waals surface area contributed by atoms with Crippen LogP contribution in [0, 0.1) is 5.92 Å². The van der Waals surface area contributed by atoms with Gasteiger partial charge in [0.25, 0.3) is 5.91 Å². The van der Waals surface area contributed by atoms with E-state index in [0.29, 0.717) is 28.3 Å². The Balaban J connectivity index is 1.54. The molecule has 2 fully saturated rings. The van der Waals surface area contributed by atoms with Gasteiger partial charge in [0.05, 0.1) is 5.54 Å². The van der Waals surface area contributed by atoms with Gasteiger partial charge in [-0.05, 0) is 62.1 Å². The number of benzene rings is 1. The van der Waals surface area contributed by atoms with E-state index in [0.717, 1.165) is 37.7 Å². The molecule has 3 aromatic rings. The van der Waals surface area contributed by atoms with Gasteiger partial charge in [0.2, 0.25) is 5.95 Å². The van der Waals surface area contributed by atoms with Crippen LogP contribution in [0.4, 0.5) is 5.95 Å². The van der Waals surface area contributed by atoms with E-state index < -0.39 is 0 Å². The molecular formula is C26H28ClN5O. The van der Waals surface area contributed by atoms with Crippen molar-refractivity contribution >= 4 is 23.5 Å². The van der Waals surface area contributed by atoms with E-state index in [1.807, 2.05) is 29.2 Å². The minimum Gasteiger partial charge on any atom is -0.273 e. The first-order valence-corrected chi connectivity index (χ1v) is 12.5. The molecule has 2 aliphatic carbocycles. The minimum absolute atomic E-state index is 0.0133. The van der Waals surface area contributed by atoms with E-state index in [1.165, 1.54) is 25.7 Å². The fourth-order valence-electron chi connectivity index (χ4n) is 6.45. The smallest absolute Gasteiger partial charge is 0.260 e. The van der Waals surface area contributed by atoms with Crippen LogP contribution in [-0.2, 0) is 5.54 Å². The van der Waals surface area contributed by atoms with Crippen LogP contribution in [0.25, 0.3) is 11.4 Å². The summed E-state index contributed by atoms with van der Waals surface area (Å²) < 4.78 is 2.15. The zero-order valence-electron chi connectivity index (χ0n) is 18.7. The summed E-state index contributed by atoms with van der Waals surface area (Å²) in [5.74, 6) is 1.73. The third kappa shape index (κ3) is 3.38. The summed E-state index contributed by atoms with van der Waals surface area (Å²) in [7, 11) is 0. The van der Waals surface area contributed by atoms with Crippen LogP contribution >= 0.6 is 11.6 Å². The van der Waals surface area contributed by atoms with Gasteiger partial charge in [-0.3, -0.25) is 14.7 Å². The number of rotatable bonds is 2. The molecule has 0 unspecified atom stereocenters. The SMILES string of the molecule is O=C(c1ccc(Cl)cc1)N1c2nc(-c3cccnc3)nn2C2(CCCCC2)[C@@H]2CCCC[C@@H]21. The minimum atomic E-state index is -0.0527. The predicted octanol–water partition coefficient (Wildman–Crippen LogP) is 5.87. The van der Waals surface area contributed by atoms with Crippen molar-refractivity contribution in [1.82, 2.24) is 19.7 Å². The van der Waals surface area contributed by atoms with Gasteiger partial charge in [0.1, 0.15) is 0 Å². The molecule has 3 aliphatic rings. The third-order valence-corrected chi connectivity index (χ3v) is 8.18. The Morgan fingerprint density at radius 2 is 1.79 bits per heavy atom. The Morgan fingerprint density at radius 1 is 1.00 bits per heavy atom. The fourth-order valence-corrected chi connectivity index (χ4v) is 6.57. The number of hydrogen-bond acceptors (Lipinski definition) is 4. The molecule has 0 saturated heterocycles. The highest BCUT2D eigenvalue weighted by Gasteiger charge is 2.55. The summed E-state index contributed by atoms with van der Waals surface area (Å²) in [4.78, 5) is 25.2. The molecule has 1 spiro atoms. The number of amides is 1. The molecule has 2 atom stereocenters. The summed E-state index contributed by atoms with van der Waals surface area (Å²) in [6, 6.07) is 11.2. The van der Waals surface area contributed by atoms with E-state index in [4.69, 9.17) is 21.7 Å². The van der Waals surface area contributed by atoms with E-state index in [1.54, 1.807) is 24.5 Å². The molecule has 3 heterocycles. The zero-order chi connectivity index (χ0) is 22.4. The van der Waals surface area contributed by atoms with Crippen molar-refractivity contribution in [1.29, 1.82) is 0 Å². The predicted molar refractivity (Wildman–Crippen MR) is 128 cm³/mol. The fraction of sp³-hybridized carbons (Fsp3) is 0.462. The Morgan fingerprint density at radius 3 is 2.55 bits per heavy atom. The van der Waals surface area contributed by atoms with E-state index in [9.17, 15) is 4.79 Å². The van der Waals surface area contributed by atoms with Crippen LogP contribution in [0.5, 0.6) is 0 Å². The largest absolute Gasteiger partial charge is 0.273 e. The molecule has 0 radical (unpaired) electrons. The molecule has 2 aromatic heterocycles. The van der Waals surface area contributed by atoms with Crippen molar-refractivity contribution in [3.05, 3.63) is 59.4 Å². The highest BCUT2D eigenvalue weighted by molar-refractivity contribution is 6.30. The van der Waals surface area contributed by atoms with Gasteiger partial charge in [-0.1, -0.05) is 43.7 Å². The summed E-state index contributed by atoms with van der Waals surface area (Å²) >= 11 is 6.11. The van der Waals surface area contributed by atoms with E-state index >= 15 is 0 Å². The number of fused-ring (bicyclic) bond motifs is 4. The van der Waals surface area contributed by atoms with Gasteiger partial charge in [-0.15, -0.1) is 5.10 Å². The molecule has 2 saturated carbocycles. The monoisotopic (exact) mass is 461 g/mol. The number of carbonyl (C=O) groups excluding carboxylic acids is 1. The van der Waals surface area contributed by atoms with Gasteiger partial charge in [0, 0.05) is 40.5 Å². The van der Waals surface area contributed by atoms with Gasteiger partial charge < -0.3 is 0 Å². The van der Waals surface area contributed by atoms with Crippen molar-refractivity contribution in [2.75, 3.05) is 4.90 Å². The summed E-state index contributed by atoms with van der Waals surface area (Å²) in [5.41, 5.74) is 1.47. The second kappa shape index (κ2) is 8.24. The third-order valence-electron chi connectivity index (χ3n) is 7.93. The summed E-state index contributed by atoms with van der Waals surface area (Å²) in [5, 5.41) is 5.71. The molecule has 7 heteroatoms. The topological polar surface area (TPSA) is 63.9 Å². The van der Waals surface area contributed by atoms with Gasteiger partial charge >= 0.3 is 0 Å². The number of carbonyl (C=O) groups is 1. The Hall–Kier alpha value is -2.73. The van der Waals surface area contributed by atoms with Crippen LogP contribution in [0.1, 0.15) is 68.1 Å². The lowest BCUT2D eigenvalue weighted by Crippen LogP contribution is -2.61. The molecule has 6 rings (SSSR count). The number of anilines is 1. The number of aromatic nitrogens is 4. The maximum atomic E-state index is 13.9. The molecule has 0 N–H and O–H groups in total. The van der Waals surface area contributed by atoms with Crippen molar-refractivity contribution in [2.24, 2.45) is 5.92 Å². The lowest BCUT2D eigenvalue weighted by Gasteiger charge is -2.55. The summed E-state index contributed by atoms with van der Waals surface area (Å²) in [6.45, 7) is 0. The molecule has 1 amide bonds. The Kier molecular flexibility index (Phi) is 5.21. The van der Waals surface area contributed by atoms with Crippen molar-refractivity contribution < 1.29 is 4.79 Å². The number of nitrogens with zero attached hydrogens (tertiary/aromatic N) is 5. The average molecular weight is 462 g/mol. The molecule has 33 heavy (non-hydrogen) atoms.